The number of rotatable bonds is 7. The highest BCUT2D eigenvalue weighted by atomic mass is 79.9. The number of hydrogen-bond acceptors (Lipinski definition) is 4. The van der Waals surface area contributed by atoms with Crippen molar-refractivity contribution in [3.63, 3.8) is 0 Å². The summed E-state index contributed by atoms with van der Waals surface area (Å²) in [6, 6.07) is 1.63. The lowest BCUT2D eigenvalue weighted by molar-refractivity contribution is 0.252. The van der Waals surface area contributed by atoms with E-state index in [0.717, 1.165) is 21.5 Å². The predicted molar refractivity (Wildman–Crippen MR) is 77.5 cm³/mol. The van der Waals surface area contributed by atoms with E-state index in [9.17, 15) is 8.42 Å². The summed E-state index contributed by atoms with van der Waals surface area (Å²) in [4.78, 5) is 1.10. The van der Waals surface area contributed by atoms with Gasteiger partial charge < -0.3 is 5.11 Å². The molecule has 0 fully saturated rings. The molecule has 0 saturated heterocycles. The molecule has 1 aromatic heterocycles. The van der Waals surface area contributed by atoms with E-state index in [1.54, 1.807) is 13.0 Å². The van der Waals surface area contributed by atoms with Crippen molar-refractivity contribution in [2.75, 3.05) is 19.7 Å². The Balaban J connectivity index is 3.04. The van der Waals surface area contributed by atoms with Gasteiger partial charge in [0.2, 0.25) is 10.0 Å². The molecule has 0 radical (unpaired) electrons. The Morgan fingerprint density at radius 1 is 1.44 bits per heavy atom. The normalized spacial score (nSPS) is 12.3. The molecule has 104 valence electrons. The van der Waals surface area contributed by atoms with Crippen LogP contribution in [0.1, 0.15) is 24.6 Å². The molecule has 7 heteroatoms. The van der Waals surface area contributed by atoms with E-state index in [1.807, 2.05) is 6.92 Å². The molecule has 0 aliphatic carbocycles. The fourth-order valence-electron chi connectivity index (χ4n) is 1.62. The SMILES string of the molecule is CCCCN(CCO)S(=O)(=O)c1cc(Br)sc1C. The lowest BCUT2D eigenvalue weighted by atomic mass is 10.3. The van der Waals surface area contributed by atoms with Crippen molar-refractivity contribution in [3.05, 3.63) is 14.7 Å². The largest absolute Gasteiger partial charge is 0.395 e. The van der Waals surface area contributed by atoms with Crippen molar-refractivity contribution in [2.24, 2.45) is 0 Å². The van der Waals surface area contributed by atoms with Crippen molar-refractivity contribution in [1.29, 1.82) is 0 Å². The molecule has 0 saturated carbocycles. The Labute approximate surface area is 121 Å². The van der Waals surface area contributed by atoms with Gasteiger partial charge in [0.05, 0.1) is 15.3 Å². The molecule has 0 aliphatic rings. The van der Waals surface area contributed by atoms with Gasteiger partial charge in [-0.15, -0.1) is 11.3 Å². The van der Waals surface area contributed by atoms with Crippen LogP contribution in [0.15, 0.2) is 14.7 Å². The van der Waals surface area contributed by atoms with Gasteiger partial charge in [-0.3, -0.25) is 0 Å². The summed E-state index contributed by atoms with van der Waals surface area (Å²) in [5, 5.41) is 9.01. The molecule has 0 aromatic carbocycles. The third kappa shape index (κ3) is 3.77. The maximum Gasteiger partial charge on any atom is 0.244 e. The Hall–Kier alpha value is 0.0500. The Bertz CT molecular complexity index is 484. The monoisotopic (exact) mass is 355 g/mol. The van der Waals surface area contributed by atoms with Crippen LogP contribution in [0.3, 0.4) is 0 Å². The van der Waals surface area contributed by atoms with Crippen LogP contribution in [0.25, 0.3) is 0 Å². The third-order valence-corrected chi connectivity index (χ3v) is 6.28. The van der Waals surface area contributed by atoms with Crippen LogP contribution in [0.4, 0.5) is 0 Å². The zero-order chi connectivity index (χ0) is 13.8. The van der Waals surface area contributed by atoms with E-state index >= 15 is 0 Å². The second-order valence-electron chi connectivity index (χ2n) is 3.95. The number of halogens is 1. The lowest BCUT2D eigenvalue weighted by Crippen LogP contribution is -2.34. The Morgan fingerprint density at radius 3 is 2.56 bits per heavy atom. The van der Waals surface area contributed by atoms with Crippen molar-refractivity contribution >= 4 is 37.3 Å². The first kappa shape index (κ1) is 16.1. The molecule has 0 unspecified atom stereocenters. The summed E-state index contributed by atoms with van der Waals surface area (Å²) in [6.07, 6.45) is 1.72. The van der Waals surface area contributed by atoms with E-state index in [4.69, 9.17) is 5.11 Å². The van der Waals surface area contributed by atoms with Crippen LogP contribution in [-0.2, 0) is 10.0 Å². The highest BCUT2D eigenvalue weighted by Gasteiger charge is 2.26. The fraction of sp³-hybridized carbons (Fsp3) is 0.636. The molecular weight excluding hydrogens is 338 g/mol. The minimum atomic E-state index is -3.49. The quantitative estimate of drug-likeness (QED) is 0.817. The van der Waals surface area contributed by atoms with Gasteiger partial charge in [-0.05, 0) is 35.3 Å². The van der Waals surface area contributed by atoms with E-state index < -0.39 is 10.0 Å². The summed E-state index contributed by atoms with van der Waals surface area (Å²) in [7, 11) is -3.49. The molecule has 18 heavy (non-hydrogen) atoms. The molecular formula is C11H18BrNO3S2. The molecule has 1 aromatic rings. The second-order valence-corrected chi connectivity index (χ2v) is 8.49. The van der Waals surface area contributed by atoms with Crippen LogP contribution < -0.4 is 0 Å². The van der Waals surface area contributed by atoms with Gasteiger partial charge >= 0.3 is 0 Å². The molecule has 4 nitrogen and oxygen atoms in total. The highest BCUT2D eigenvalue weighted by Crippen LogP contribution is 2.31. The Morgan fingerprint density at radius 2 is 2.11 bits per heavy atom. The first-order chi connectivity index (χ1) is 8.43. The van der Waals surface area contributed by atoms with Crippen molar-refractivity contribution < 1.29 is 13.5 Å². The van der Waals surface area contributed by atoms with Crippen molar-refractivity contribution in [1.82, 2.24) is 4.31 Å². The summed E-state index contributed by atoms with van der Waals surface area (Å²) in [5.74, 6) is 0. The summed E-state index contributed by atoms with van der Waals surface area (Å²) in [6.45, 7) is 4.24. The maximum absolute atomic E-state index is 12.5. The van der Waals surface area contributed by atoms with Crippen LogP contribution >= 0.6 is 27.3 Å². The van der Waals surface area contributed by atoms with Gasteiger partial charge in [0.1, 0.15) is 0 Å². The van der Waals surface area contributed by atoms with Crippen LogP contribution in [0.5, 0.6) is 0 Å². The van der Waals surface area contributed by atoms with Gasteiger partial charge in [0.25, 0.3) is 0 Å². The van der Waals surface area contributed by atoms with Crippen LogP contribution in [0, 0.1) is 6.92 Å². The van der Waals surface area contributed by atoms with Gasteiger partial charge in [-0.25, -0.2) is 8.42 Å². The molecule has 0 atom stereocenters. The third-order valence-electron chi connectivity index (χ3n) is 2.57. The molecule has 1 rings (SSSR count). The number of sulfonamides is 1. The van der Waals surface area contributed by atoms with Crippen LogP contribution in [-0.4, -0.2) is 37.5 Å². The lowest BCUT2D eigenvalue weighted by Gasteiger charge is -2.20. The van der Waals surface area contributed by atoms with Gasteiger partial charge in [0, 0.05) is 18.0 Å². The number of aryl methyl sites for hydroxylation is 1. The minimum Gasteiger partial charge on any atom is -0.395 e. The van der Waals surface area contributed by atoms with E-state index in [-0.39, 0.29) is 13.2 Å². The number of aliphatic hydroxyl groups is 1. The molecule has 0 amide bonds. The number of aliphatic hydroxyl groups excluding tert-OH is 1. The number of thiophene rings is 1. The minimum absolute atomic E-state index is 0.148. The van der Waals surface area contributed by atoms with Gasteiger partial charge in [-0.2, -0.15) is 4.31 Å². The summed E-state index contributed by atoms with van der Waals surface area (Å²) < 4.78 is 27.1. The number of hydrogen-bond donors (Lipinski definition) is 1. The van der Waals surface area contributed by atoms with Crippen molar-refractivity contribution in [3.8, 4) is 0 Å². The average Bonchev–Trinajstić information content (AvgIpc) is 2.64. The van der Waals surface area contributed by atoms with Gasteiger partial charge in [0.15, 0.2) is 0 Å². The van der Waals surface area contributed by atoms with E-state index in [0.29, 0.717) is 11.4 Å². The molecule has 1 heterocycles. The Kier molecular flexibility index (Phi) is 6.26. The maximum atomic E-state index is 12.5. The molecule has 0 aliphatic heterocycles. The topological polar surface area (TPSA) is 57.6 Å². The van der Waals surface area contributed by atoms with Crippen molar-refractivity contribution in [2.45, 2.75) is 31.6 Å². The smallest absolute Gasteiger partial charge is 0.244 e. The number of unbranched alkanes of at least 4 members (excludes halogenated alkanes) is 1. The van der Waals surface area contributed by atoms with E-state index in [2.05, 4.69) is 15.9 Å². The first-order valence-electron chi connectivity index (χ1n) is 5.80. The zero-order valence-corrected chi connectivity index (χ0v) is 13.7. The predicted octanol–water partition coefficient (Wildman–Crippen LogP) is 2.60. The molecule has 0 bridgehead atoms. The number of nitrogens with zero attached hydrogens (tertiary/aromatic N) is 1. The first-order valence-corrected chi connectivity index (χ1v) is 8.85. The molecule has 1 N–H and O–H groups in total. The molecule has 0 spiro atoms. The standard InChI is InChI=1S/C11H18BrNO3S2/c1-3-4-5-13(6-7-14)18(15,16)10-8-11(12)17-9(10)2/h8,14H,3-7H2,1-2H3. The second kappa shape index (κ2) is 7.00. The van der Waals surface area contributed by atoms with E-state index in [1.165, 1.54) is 15.6 Å². The highest BCUT2D eigenvalue weighted by molar-refractivity contribution is 9.11. The average molecular weight is 356 g/mol. The fourth-order valence-corrected chi connectivity index (χ4v) is 5.48. The van der Waals surface area contributed by atoms with Gasteiger partial charge in [-0.1, -0.05) is 13.3 Å². The summed E-state index contributed by atoms with van der Waals surface area (Å²) in [5.41, 5.74) is 0. The summed E-state index contributed by atoms with van der Waals surface area (Å²) >= 11 is 4.71. The zero-order valence-electron chi connectivity index (χ0n) is 10.5. The van der Waals surface area contributed by atoms with Crippen LogP contribution in [0.2, 0.25) is 0 Å².